The number of hydrogen-bond acceptors (Lipinski definition) is 1. The van der Waals surface area contributed by atoms with E-state index in [0.29, 0.717) is 0 Å². The third kappa shape index (κ3) is 2.96. The summed E-state index contributed by atoms with van der Waals surface area (Å²) in [5, 5.41) is 1.45. The summed E-state index contributed by atoms with van der Waals surface area (Å²) in [6.45, 7) is 9.98. The van der Waals surface area contributed by atoms with Crippen molar-refractivity contribution in [2.45, 2.75) is 33.1 Å². The highest BCUT2D eigenvalue weighted by molar-refractivity contribution is 6.51. The van der Waals surface area contributed by atoms with Crippen LogP contribution in [0, 0.1) is 0 Å². The molecule has 0 aliphatic heterocycles. The third-order valence-corrected chi connectivity index (χ3v) is 3.37. The molecule has 2 radical (unpaired) electrons. The Balaban J connectivity index is 2.92. The van der Waals surface area contributed by atoms with Crippen LogP contribution in [0.2, 0.25) is 0 Å². The van der Waals surface area contributed by atoms with E-state index >= 15 is 0 Å². The average molecular weight is 205 g/mol. The van der Waals surface area contributed by atoms with E-state index in [2.05, 4.69) is 56.9 Å². The first-order chi connectivity index (χ1) is 6.55. The van der Waals surface area contributed by atoms with Crippen LogP contribution >= 0.6 is 0 Å². The highest BCUT2D eigenvalue weighted by atomic mass is 28.2. The Labute approximate surface area is 89.8 Å². The smallest absolute Gasteiger partial charge is 0.179 e. The van der Waals surface area contributed by atoms with Crippen molar-refractivity contribution >= 4 is 14.9 Å². The lowest BCUT2D eigenvalue weighted by atomic mass is 9.87. The Bertz CT molecular complexity index is 289. The van der Waals surface area contributed by atoms with Crippen molar-refractivity contribution in [2.75, 3.05) is 6.54 Å². The summed E-state index contributed by atoms with van der Waals surface area (Å²) in [6, 6.07) is 8.71. The van der Waals surface area contributed by atoms with E-state index in [1.165, 1.54) is 10.8 Å². The van der Waals surface area contributed by atoms with Gasteiger partial charge in [0.05, 0.1) is 0 Å². The molecule has 1 rings (SSSR count). The van der Waals surface area contributed by atoms with Gasteiger partial charge in [0.15, 0.2) is 9.68 Å². The van der Waals surface area contributed by atoms with Crippen molar-refractivity contribution in [3.05, 3.63) is 29.8 Å². The normalized spacial score (nSPS) is 11.7. The zero-order chi connectivity index (χ0) is 10.6. The van der Waals surface area contributed by atoms with Crippen molar-refractivity contribution in [1.29, 1.82) is 0 Å². The minimum absolute atomic E-state index is 0.249. The van der Waals surface area contributed by atoms with E-state index in [0.717, 1.165) is 16.2 Å². The van der Waals surface area contributed by atoms with Gasteiger partial charge in [-0.25, -0.2) is 0 Å². The van der Waals surface area contributed by atoms with E-state index in [-0.39, 0.29) is 5.41 Å². The van der Waals surface area contributed by atoms with E-state index in [9.17, 15) is 0 Å². The summed E-state index contributed by atoms with van der Waals surface area (Å²) >= 11 is 0. The molecule has 0 spiro atoms. The molecule has 0 amide bonds. The van der Waals surface area contributed by atoms with Crippen LogP contribution < -0.4 is 10.2 Å². The molecule has 0 heterocycles. The molecule has 1 aromatic carbocycles. The Hall–Kier alpha value is -0.603. The molecule has 14 heavy (non-hydrogen) atoms. The topological polar surface area (TPSA) is 12.0 Å². The summed E-state index contributed by atoms with van der Waals surface area (Å²) in [5.41, 5.74) is 1.71. The first-order valence-electron chi connectivity index (χ1n) is 5.14. The fourth-order valence-corrected chi connectivity index (χ4v) is 2.57. The van der Waals surface area contributed by atoms with Gasteiger partial charge in [-0.1, -0.05) is 52.0 Å². The van der Waals surface area contributed by atoms with E-state index in [1.54, 1.807) is 0 Å². The Morgan fingerprint density at radius 2 is 1.86 bits per heavy atom. The van der Waals surface area contributed by atoms with Gasteiger partial charge in [-0.05, 0) is 22.7 Å². The maximum atomic E-state index is 3.40. The average Bonchev–Trinajstić information content (AvgIpc) is 2.14. The van der Waals surface area contributed by atoms with Gasteiger partial charge in [-0.3, -0.25) is 0 Å². The largest absolute Gasteiger partial charge is 0.336 e. The van der Waals surface area contributed by atoms with Gasteiger partial charge in [0.25, 0.3) is 0 Å². The fourth-order valence-electron chi connectivity index (χ4n) is 1.43. The zero-order valence-corrected chi connectivity index (χ0v) is 10.5. The summed E-state index contributed by atoms with van der Waals surface area (Å²) < 4.78 is 0. The first-order valence-corrected chi connectivity index (χ1v) is 6.14. The molecule has 76 valence electrons. The molecule has 0 fully saturated rings. The van der Waals surface area contributed by atoms with Gasteiger partial charge in [-0.15, -0.1) is 0 Å². The van der Waals surface area contributed by atoms with Crippen molar-refractivity contribution in [1.82, 2.24) is 4.98 Å². The Morgan fingerprint density at radius 3 is 2.43 bits per heavy atom. The quantitative estimate of drug-likeness (QED) is 0.743. The summed E-state index contributed by atoms with van der Waals surface area (Å²) in [7, 11) is 0.727. The molecule has 0 bridgehead atoms. The van der Waals surface area contributed by atoms with Crippen molar-refractivity contribution < 1.29 is 0 Å². The van der Waals surface area contributed by atoms with Gasteiger partial charge >= 0.3 is 0 Å². The molecule has 0 aliphatic rings. The molecule has 0 saturated carbocycles. The van der Waals surface area contributed by atoms with Crippen LogP contribution in [0.4, 0.5) is 0 Å². The Morgan fingerprint density at radius 1 is 1.21 bits per heavy atom. The second kappa shape index (κ2) is 4.76. The lowest BCUT2D eigenvalue weighted by molar-refractivity contribution is 0.594. The predicted molar refractivity (Wildman–Crippen MR) is 64.2 cm³/mol. The summed E-state index contributed by atoms with van der Waals surface area (Å²) in [6.07, 6.45) is 0. The molecule has 1 aromatic rings. The second-order valence-electron chi connectivity index (χ2n) is 4.45. The van der Waals surface area contributed by atoms with Crippen molar-refractivity contribution in [3.63, 3.8) is 0 Å². The fraction of sp³-hybridized carbons (Fsp3) is 0.500. The molecular formula is C12H19NSi. The number of nitrogens with one attached hydrogen (secondary N) is 1. The molecular weight excluding hydrogens is 186 g/mol. The minimum Gasteiger partial charge on any atom is -0.336 e. The van der Waals surface area contributed by atoms with Crippen molar-refractivity contribution in [2.24, 2.45) is 0 Å². The maximum Gasteiger partial charge on any atom is 0.179 e. The molecule has 0 atom stereocenters. The highest BCUT2D eigenvalue weighted by Crippen LogP contribution is 2.19. The molecule has 0 saturated heterocycles. The molecule has 0 aromatic heterocycles. The molecule has 1 nitrogen and oxygen atoms in total. The van der Waals surface area contributed by atoms with Gasteiger partial charge in [0.2, 0.25) is 0 Å². The third-order valence-electron chi connectivity index (χ3n) is 2.13. The second-order valence-corrected chi connectivity index (χ2v) is 5.59. The molecule has 0 aliphatic carbocycles. The minimum atomic E-state index is 0.249. The van der Waals surface area contributed by atoms with Crippen LogP contribution in [-0.2, 0) is 5.41 Å². The predicted octanol–water partition coefficient (Wildman–Crippen LogP) is 1.84. The van der Waals surface area contributed by atoms with Crippen LogP contribution in [-0.4, -0.2) is 16.2 Å². The van der Waals surface area contributed by atoms with Crippen molar-refractivity contribution in [3.8, 4) is 0 Å². The Kier molecular flexibility index (Phi) is 3.90. The molecule has 1 N–H and O–H groups in total. The summed E-state index contributed by atoms with van der Waals surface area (Å²) in [5.74, 6) is 0. The zero-order valence-electron chi connectivity index (χ0n) is 9.52. The van der Waals surface area contributed by atoms with E-state index in [1.807, 2.05) is 0 Å². The summed E-state index contributed by atoms with van der Waals surface area (Å²) in [4.78, 5) is 3.40. The van der Waals surface area contributed by atoms with Crippen LogP contribution in [0.15, 0.2) is 24.3 Å². The van der Waals surface area contributed by atoms with Crippen LogP contribution in [0.5, 0.6) is 0 Å². The number of hydrogen-bond donors (Lipinski definition) is 1. The lowest BCUT2D eigenvalue weighted by Gasteiger charge is -2.22. The van der Waals surface area contributed by atoms with Gasteiger partial charge < -0.3 is 4.98 Å². The van der Waals surface area contributed by atoms with Crippen LogP contribution in [0.1, 0.15) is 33.3 Å². The van der Waals surface area contributed by atoms with Gasteiger partial charge in [0, 0.05) is 0 Å². The molecule has 2 heteroatoms. The van der Waals surface area contributed by atoms with E-state index < -0.39 is 0 Å². The monoisotopic (exact) mass is 205 g/mol. The van der Waals surface area contributed by atoms with Crippen LogP contribution in [0.25, 0.3) is 0 Å². The van der Waals surface area contributed by atoms with Crippen LogP contribution in [0.3, 0.4) is 0 Å². The molecule has 0 unspecified atom stereocenters. The maximum absolute atomic E-state index is 3.40. The van der Waals surface area contributed by atoms with Gasteiger partial charge in [0.1, 0.15) is 0 Å². The lowest BCUT2D eigenvalue weighted by Crippen LogP contribution is -2.35. The van der Waals surface area contributed by atoms with Gasteiger partial charge in [-0.2, -0.15) is 0 Å². The number of benzene rings is 1. The first kappa shape index (κ1) is 11.5. The number of rotatable bonds is 3. The SMILES string of the molecule is CCN[Si]c1ccccc1C(C)(C)C. The standard InChI is InChI=1S/C12H19NSi/c1-5-13-14-11-9-7-6-8-10(11)12(2,3)4/h6-9,13H,5H2,1-4H3. The highest BCUT2D eigenvalue weighted by Gasteiger charge is 2.16. The van der Waals surface area contributed by atoms with E-state index in [4.69, 9.17) is 0 Å².